The Kier molecular flexibility index (Phi) is 7.07. The second-order valence-electron chi connectivity index (χ2n) is 5.82. The van der Waals surface area contributed by atoms with Crippen molar-refractivity contribution >= 4 is 12.2 Å². The fourth-order valence-corrected chi connectivity index (χ4v) is 2.76. The third-order valence-electron chi connectivity index (χ3n) is 4.08. The van der Waals surface area contributed by atoms with Gasteiger partial charge in [-0.15, -0.1) is 0 Å². The number of ether oxygens (including phenoxy) is 1. The lowest BCUT2D eigenvalue weighted by Gasteiger charge is -2.30. The van der Waals surface area contributed by atoms with E-state index >= 15 is 0 Å². The molecular weight excluding hydrogens is 292 g/mol. The summed E-state index contributed by atoms with van der Waals surface area (Å²) in [4.78, 5) is 19.4. The maximum Gasteiger partial charge on any atom is 0.310 e. The molecule has 2 rings (SSSR count). The Labute approximate surface area is 138 Å². The summed E-state index contributed by atoms with van der Waals surface area (Å²) in [6.45, 7) is 7.40. The van der Waals surface area contributed by atoms with Crippen LogP contribution in [0.1, 0.15) is 30.9 Å². The predicted molar refractivity (Wildman–Crippen MR) is 90.5 cm³/mol. The SMILES string of the molecule is CCOC(=O)C1CCCN(CCON=Cc2ccccc2C)C1. The summed E-state index contributed by atoms with van der Waals surface area (Å²) >= 11 is 0. The molecule has 0 bridgehead atoms. The summed E-state index contributed by atoms with van der Waals surface area (Å²) in [5.41, 5.74) is 2.24. The van der Waals surface area contributed by atoms with Gasteiger partial charge in [0.15, 0.2) is 0 Å². The van der Waals surface area contributed by atoms with Crippen LogP contribution in [0.15, 0.2) is 29.4 Å². The van der Waals surface area contributed by atoms with Crippen molar-refractivity contribution in [2.24, 2.45) is 11.1 Å². The van der Waals surface area contributed by atoms with Gasteiger partial charge in [0.25, 0.3) is 0 Å². The number of oxime groups is 1. The standard InChI is InChI=1S/C18H26N2O3/c1-3-22-18(21)17-9-6-10-20(14-17)11-12-23-19-13-16-8-5-4-7-15(16)2/h4-5,7-8,13,17H,3,6,9-12,14H2,1-2H3. The van der Waals surface area contributed by atoms with Gasteiger partial charge in [0.2, 0.25) is 0 Å². The molecule has 1 aliphatic heterocycles. The van der Waals surface area contributed by atoms with E-state index in [1.165, 1.54) is 5.56 Å². The highest BCUT2D eigenvalue weighted by molar-refractivity contribution is 5.81. The van der Waals surface area contributed by atoms with E-state index in [0.29, 0.717) is 13.2 Å². The summed E-state index contributed by atoms with van der Waals surface area (Å²) in [5, 5.41) is 4.03. The number of esters is 1. The zero-order chi connectivity index (χ0) is 16.5. The van der Waals surface area contributed by atoms with E-state index in [1.807, 2.05) is 38.1 Å². The fraction of sp³-hybridized carbons (Fsp3) is 0.556. The number of nitrogens with zero attached hydrogens (tertiary/aromatic N) is 2. The molecule has 0 radical (unpaired) electrons. The second-order valence-corrected chi connectivity index (χ2v) is 5.82. The Morgan fingerprint density at radius 2 is 2.26 bits per heavy atom. The minimum Gasteiger partial charge on any atom is -0.466 e. The Morgan fingerprint density at radius 3 is 3.04 bits per heavy atom. The number of likely N-dealkylation sites (tertiary alicyclic amines) is 1. The highest BCUT2D eigenvalue weighted by Crippen LogP contribution is 2.17. The molecule has 126 valence electrons. The topological polar surface area (TPSA) is 51.1 Å². The third kappa shape index (κ3) is 5.67. The lowest BCUT2D eigenvalue weighted by atomic mass is 9.98. The molecule has 23 heavy (non-hydrogen) atoms. The van der Waals surface area contributed by atoms with Gasteiger partial charge in [0, 0.05) is 13.1 Å². The van der Waals surface area contributed by atoms with E-state index in [9.17, 15) is 4.79 Å². The Hall–Kier alpha value is -1.88. The average molecular weight is 318 g/mol. The smallest absolute Gasteiger partial charge is 0.310 e. The number of carbonyl (C=O) groups is 1. The van der Waals surface area contributed by atoms with E-state index in [0.717, 1.165) is 38.0 Å². The van der Waals surface area contributed by atoms with Crippen molar-refractivity contribution in [1.82, 2.24) is 4.90 Å². The van der Waals surface area contributed by atoms with Crippen LogP contribution < -0.4 is 0 Å². The molecule has 0 saturated carbocycles. The monoisotopic (exact) mass is 318 g/mol. The van der Waals surface area contributed by atoms with Crippen molar-refractivity contribution < 1.29 is 14.4 Å². The van der Waals surface area contributed by atoms with Crippen molar-refractivity contribution in [3.05, 3.63) is 35.4 Å². The van der Waals surface area contributed by atoms with E-state index in [2.05, 4.69) is 10.1 Å². The zero-order valence-electron chi connectivity index (χ0n) is 14.0. The van der Waals surface area contributed by atoms with Crippen LogP contribution in [0.25, 0.3) is 0 Å². The van der Waals surface area contributed by atoms with Crippen LogP contribution in [0, 0.1) is 12.8 Å². The van der Waals surface area contributed by atoms with Gasteiger partial charge in [-0.2, -0.15) is 0 Å². The first kappa shape index (κ1) is 17.5. The first-order valence-corrected chi connectivity index (χ1v) is 8.30. The van der Waals surface area contributed by atoms with E-state index < -0.39 is 0 Å². The highest BCUT2D eigenvalue weighted by Gasteiger charge is 2.26. The summed E-state index contributed by atoms with van der Waals surface area (Å²) in [7, 11) is 0. The zero-order valence-corrected chi connectivity index (χ0v) is 14.0. The van der Waals surface area contributed by atoms with E-state index in [-0.39, 0.29) is 11.9 Å². The Morgan fingerprint density at radius 1 is 1.43 bits per heavy atom. The minimum atomic E-state index is -0.0734. The Bertz CT molecular complexity index is 531. The number of aryl methyl sites for hydroxylation is 1. The summed E-state index contributed by atoms with van der Waals surface area (Å²) in [6, 6.07) is 8.04. The maximum atomic E-state index is 11.8. The van der Waals surface area contributed by atoms with Gasteiger partial charge < -0.3 is 9.57 Å². The molecule has 1 aromatic rings. The van der Waals surface area contributed by atoms with Crippen LogP contribution in [-0.4, -0.2) is 49.9 Å². The number of hydrogen-bond acceptors (Lipinski definition) is 5. The van der Waals surface area contributed by atoms with Crippen molar-refractivity contribution in [3.63, 3.8) is 0 Å². The molecule has 0 aliphatic carbocycles. The normalized spacial score (nSPS) is 19.0. The van der Waals surface area contributed by atoms with Gasteiger partial charge in [-0.3, -0.25) is 9.69 Å². The molecule has 5 nitrogen and oxygen atoms in total. The van der Waals surface area contributed by atoms with Crippen LogP contribution >= 0.6 is 0 Å². The van der Waals surface area contributed by atoms with Gasteiger partial charge in [-0.05, 0) is 44.4 Å². The minimum absolute atomic E-state index is 0.000769. The molecular formula is C18H26N2O3. The molecule has 5 heteroatoms. The number of hydrogen-bond donors (Lipinski definition) is 0. The van der Waals surface area contributed by atoms with Gasteiger partial charge in [-0.1, -0.05) is 29.4 Å². The van der Waals surface area contributed by atoms with E-state index in [4.69, 9.17) is 9.57 Å². The number of rotatable bonds is 7. The van der Waals surface area contributed by atoms with Crippen LogP contribution in [0.4, 0.5) is 0 Å². The van der Waals surface area contributed by atoms with Crippen molar-refractivity contribution in [3.8, 4) is 0 Å². The molecule has 1 atom stereocenters. The van der Waals surface area contributed by atoms with Gasteiger partial charge in [-0.25, -0.2) is 0 Å². The molecule has 0 aromatic heterocycles. The van der Waals surface area contributed by atoms with Crippen LogP contribution in [-0.2, 0) is 14.4 Å². The lowest BCUT2D eigenvalue weighted by Crippen LogP contribution is -2.40. The predicted octanol–water partition coefficient (Wildman–Crippen LogP) is 2.62. The van der Waals surface area contributed by atoms with E-state index in [1.54, 1.807) is 6.21 Å². The van der Waals surface area contributed by atoms with Gasteiger partial charge >= 0.3 is 5.97 Å². The largest absolute Gasteiger partial charge is 0.466 e. The lowest BCUT2D eigenvalue weighted by molar-refractivity contribution is -0.150. The summed E-state index contributed by atoms with van der Waals surface area (Å²) in [5.74, 6) is -0.0742. The molecule has 1 unspecified atom stereocenters. The first-order chi connectivity index (χ1) is 11.2. The molecule has 1 heterocycles. The van der Waals surface area contributed by atoms with Gasteiger partial charge in [0.1, 0.15) is 6.61 Å². The van der Waals surface area contributed by atoms with Crippen molar-refractivity contribution in [1.29, 1.82) is 0 Å². The highest BCUT2D eigenvalue weighted by atomic mass is 16.6. The molecule has 1 aliphatic rings. The van der Waals surface area contributed by atoms with Crippen LogP contribution in [0.5, 0.6) is 0 Å². The maximum absolute atomic E-state index is 11.8. The molecule has 1 aromatic carbocycles. The molecule has 1 saturated heterocycles. The molecule has 1 fully saturated rings. The van der Waals surface area contributed by atoms with Gasteiger partial charge in [0.05, 0.1) is 18.7 Å². The molecule has 0 N–H and O–H groups in total. The fourth-order valence-electron chi connectivity index (χ4n) is 2.76. The Balaban J connectivity index is 1.70. The number of benzene rings is 1. The van der Waals surface area contributed by atoms with Crippen LogP contribution in [0.2, 0.25) is 0 Å². The summed E-state index contributed by atoms with van der Waals surface area (Å²) in [6.07, 6.45) is 3.69. The molecule has 0 spiro atoms. The first-order valence-electron chi connectivity index (χ1n) is 8.30. The number of piperidine rings is 1. The van der Waals surface area contributed by atoms with Crippen molar-refractivity contribution in [2.45, 2.75) is 26.7 Å². The second kappa shape index (κ2) is 9.30. The molecule has 0 amide bonds. The third-order valence-corrected chi connectivity index (χ3v) is 4.08. The van der Waals surface area contributed by atoms with Crippen LogP contribution in [0.3, 0.4) is 0 Å². The van der Waals surface area contributed by atoms with Crippen molar-refractivity contribution in [2.75, 3.05) is 32.8 Å². The average Bonchev–Trinajstić information content (AvgIpc) is 2.57. The summed E-state index contributed by atoms with van der Waals surface area (Å²) < 4.78 is 5.11. The number of carbonyl (C=O) groups excluding carboxylic acids is 1. The quantitative estimate of drug-likeness (QED) is 0.336.